The van der Waals surface area contributed by atoms with E-state index in [0.29, 0.717) is 6.04 Å². The van der Waals surface area contributed by atoms with Gasteiger partial charge in [0.15, 0.2) is 0 Å². The zero-order valence-electron chi connectivity index (χ0n) is 12.5. The molecule has 0 saturated carbocycles. The van der Waals surface area contributed by atoms with Crippen LogP contribution in [0.5, 0.6) is 0 Å². The van der Waals surface area contributed by atoms with Crippen molar-refractivity contribution in [2.45, 2.75) is 25.3 Å². The summed E-state index contributed by atoms with van der Waals surface area (Å²) < 4.78 is 15.4. The quantitative estimate of drug-likeness (QED) is 0.668. The first-order valence-electron chi connectivity index (χ1n) is 7.90. The molecule has 0 bridgehead atoms. The van der Waals surface area contributed by atoms with E-state index in [1.165, 1.54) is 29.2 Å². The van der Waals surface area contributed by atoms with E-state index >= 15 is 0 Å². The number of hydrogen-bond donors (Lipinski definition) is 0. The Bertz CT molecular complexity index is 742. The molecule has 22 heavy (non-hydrogen) atoms. The van der Waals surface area contributed by atoms with Crippen LogP contribution in [-0.4, -0.2) is 11.2 Å². The van der Waals surface area contributed by atoms with Crippen LogP contribution >= 0.6 is 0 Å². The minimum atomic E-state index is -0.169. The minimum Gasteiger partial charge on any atom is -0.306 e. The highest BCUT2D eigenvalue weighted by Crippen LogP contribution is 2.30. The fourth-order valence-electron chi connectivity index (χ4n) is 3.43. The largest absolute Gasteiger partial charge is 0.306 e. The molecule has 1 aromatic heterocycles. The molecule has 1 saturated heterocycles. The molecule has 112 valence electrons. The van der Waals surface area contributed by atoms with Gasteiger partial charge in [-0.3, -0.25) is 4.68 Å². The average Bonchev–Trinajstić information content (AvgIpc) is 2.99. The molecule has 0 N–H and O–H groups in total. The van der Waals surface area contributed by atoms with Crippen LogP contribution in [0, 0.1) is 5.82 Å². The summed E-state index contributed by atoms with van der Waals surface area (Å²) in [5.74, 6) is -0.169. The summed E-state index contributed by atoms with van der Waals surface area (Å²) in [6, 6.07) is 15.7. The summed E-state index contributed by atoms with van der Waals surface area (Å²) in [4.78, 5) is 0. The third-order valence-corrected chi connectivity index (χ3v) is 4.56. The van der Waals surface area contributed by atoms with Crippen LogP contribution in [0.1, 0.15) is 30.9 Å². The molecule has 0 aliphatic carbocycles. The Balaban J connectivity index is 1.72. The van der Waals surface area contributed by atoms with E-state index in [1.54, 1.807) is 12.1 Å². The van der Waals surface area contributed by atoms with Crippen molar-refractivity contribution in [1.29, 1.82) is 0 Å². The Kier molecular flexibility index (Phi) is 3.34. The summed E-state index contributed by atoms with van der Waals surface area (Å²) in [6.45, 7) is 1.03. The second-order valence-corrected chi connectivity index (χ2v) is 5.99. The molecule has 1 aliphatic heterocycles. The van der Waals surface area contributed by atoms with Crippen molar-refractivity contribution in [1.82, 2.24) is 4.68 Å². The van der Waals surface area contributed by atoms with Gasteiger partial charge in [0.25, 0.3) is 0 Å². The zero-order chi connectivity index (χ0) is 14.9. The molecule has 3 heteroatoms. The summed E-state index contributed by atoms with van der Waals surface area (Å²) in [5.41, 5.74) is 1.19. The highest BCUT2D eigenvalue weighted by molar-refractivity contribution is 5.82. The Morgan fingerprint density at radius 1 is 0.864 bits per heavy atom. The number of fused-ring (bicyclic) bond motifs is 1. The van der Waals surface area contributed by atoms with Gasteiger partial charge in [0.2, 0.25) is 0 Å². The zero-order valence-corrected chi connectivity index (χ0v) is 12.5. The topological polar surface area (TPSA) is 8.17 Å². The smallest absolute Gasteiger partial charge is 0.123 e. The first-order valence-corrected chi connectivity index (χ1v) is 7.90. The lowest BCUT2D eigenvalue weighted by molar-refractivity contribution is 0.389. The summed E-state index contributed by atoms with van der Waals surface area (Å²) in [7, 11) is 0. The van der Waals surface area contributed by atoms with Gasteiger partial charge in [0.1, 0.15) is 5.82 Å². The van der Waals surface area contributed by atoms with Gasteiger partial charge in [-0.1, -0.05) is 36.4 Å². The van der Waals surface area contributed by atoms with E-state index in [9.17, 15) is 4.39 Å². The summed E-state index contributed by atoms with van der Waals surface area (Å²) in [6.07, 6.45) is 7.92. The SMILES string of the molecule is Fc1ccc(C2CCCCN2n2cc3ccccc3c2)cc1. The fraction of sp³-hybridized carbons (Fsp3) is 0.263. The summed E-state index contributed by atoms with van der Waals surface area (Å²) >= 11 is 0. The molecule has 0 spiro atoms. The highest BCUT2D eigenvalue weighted by Gasteiger charge is 2.24. The monoisotopic (exact) mass is 294 g/mol. The van der Waals surface area contributed by atoms with E-state index in [2.05, 4.69) is 46.3 Å². The Labute approximate surface area is 129 Å². The van der Waals surface area contributed by atoms with Crippen molar-refractivity contribution < 1.29 is 4.39 Å². The lowest BCUT2D eigenvalue weighted by atomic mass is 9.97. The van der Waals surface area contributed by atoms with E-state index < -0.39 is 0 Å². The van der Waals surface area contributed by atoms with Crippen molar-refractivity contribution >= 4 is 10.8 Å². The van der Waals surface area contributed by atoms with Crippen LogP contribution in [0.4, 0.5) is 4.39 Å². The second kappa shape index (κ2) is 5.48. The maximum Gasteiger partial charge on any atom is 0.123 e. The van der Waals surface area contributed by atoms with Gasteiger partial charge < -0.3 is 5.01 Å². The van der Waals surface area contributed by atoms with Crippen molar-refractivity contribution in [3.63, 3.8) is 0 Å². The van der Waals surface area contributed by atoms with Crippen LogP contribution in [0.3, 0.4) is 0 Å². The minimum absolute atomic E-state index is 0.169. The number of aromatic nitrogens is 1. The Hall–Kier alpha value is -2.29. The van der Waals surface area contributed by atoms with Crippen molar-refractivity contribution in [2.75, 3.05) is 11.6 Å². The van der Waals surface area contributed by atoms with Gasteiger partial charge in [0, 0.05) is 29.7 Å². The van der Waals surface area contributed by atoms with Crippen LogP contribution in [0.15, 0.2) is 60.9 Å². The molecule has 2 aromatic carbocycles. The lowest BCUT2D eigenvalue weighted by Gasteiger charge is -2.38. The van der Waals surface area contributed by atoms with Gasteiger partial charge in [-0.2, -0.15) is 0 Å². The predicted molar refractivity (Wildman–Crippen MR) is 88.0 cm³/mol. The molecule has 1 atom stereocenters. The van der Waals surface area contributed by atoms with E-state index in [1.807, 2.05) is 12.1 Å². The molecule has 2 heterocycles. The molecule has 2 nitrogen and oxygen atoms in total. The maximum absolute atomic E-state index is 13.2. The van der Waals surface area contributed by atoms with Gasteiger partial charge in [0.05, 0.1) is 6.04 Å². The van der Waals surface area contributed by atoms with Crippen LogP contribution in [0.2, 0.25) is 0 Å². The molecule has 3 aromatic rings. The van der Waals surface area contributed by atoms with Crippen LogP contribution in [-0.2, 0) is 0 Å². The number of piperidine rings is 1. The highest BCUT2D eigenvalue weighted by atomic mass is 19.1. The molecule has 0 radical (unpaired) electrons. The van der Waals surface area contributed by atoms with Crippen LogP contribution in [0.25, 0.3) is 10.8 Å². The molecular weight excluding hydrogens is 275 g/mol. The number of nitrogens with zero attached hydrogens (tertiary/aromatic N) is 2. The molecular formula is C19H19FN2. The molecule has 1 unspecified atom stereocenters. The standard InChI is InChI=1S/C19H19FN2/c20-18-10-8-15(9-11-18)19-7-3-4-12-22(19)21-13-16-5-1-2-6-17(16)14-21/h1-2,5-6,8-11,13-14,19H,3-4,7,12H2. The van der Waals surface area contributed by atoms with Crippen molar-refractivity contribution in [3.8, 4) is 0 Å². The van der Waals surface area contributed by atoms with Crippen molar-refractivity contribution in [3.05, 3.63) is 72.3 Å². The second-order valence-electron chi connectivity index (χ2n) is 5.99. The molecule has 0 amide bonds. The first kappa shape index (κ1) is 13.4. The summed E-state index contributed by atoms with van der Waals surface area (Å²) in [5, 5.41) is 4.91. The lowest BCUT2D eigenvalue weighted by Crippen LogP contribution is -2.41. The number of benzene rings is 2. The number of hydrogen-bond acceptors (Lipinski definition) is 1. The maximum atomic E-state index is 13.2. The first-order chi connectivity index (χ1) is 10.8. The van der Waals surface area contributed by atoms with Gasteiger partial charge in [-0.25, -0.2) is 4.39 Å². The van der Waals surface area contributed by atoms with E-state index in [-0.39, 0.29) is 5.82 Å². The van der Waals surface area contributed by atoms with E-state index in [0.717, 1.165) is 13.0 Å². The molecule has 4 rings (SSSR count). The predicted octanol–water partition coefficient (Wildman–Crippen LogP) is 4.64. The number of rotatable bonds is 2. The van der Waals surface area contributed by atoms with Crippen LogP contribution < -0.4 is 5.01 Å². The average molecular weight is 294 g/mol. The third-order valence-electron chi connectivity index (χ3n) is 4.56. The van der Waals surface area contributed by atoms with Crippen molar-refractivity contribution in [2.24, 2.45) is 0 Å². The Morgan fingerprint density at radius 3 is 2.23 bits per heavy atom. The van der Waals surface area contributed by atoms with E-state index in [4.69, 9.17) is 0 Å². The van der Waals surface area contributed by atoms with Gasteiger partial charge in [-0.05, 0) is 37.0 Å². The third kappa shape index (κ3) is 2.37. The van der Waals surface area contributed by atoms with Gasteiger partial charge in [-0.15, -0.1) is 0 Å². The molecule has 1 aliphatic rings. The van der Waals surface area contributed by atoms with Gasteiger partial charge >= 0.3 is 0 Å². The number of halogens is 1. The molecule has 1 fully saturated rings. The fourth-order valence-corrected chi connectivity index (χ4v) is 3.43. The normalized spacial score (nSPS) is 18.8. The Morgan fingerprint density at radius 2 is 1.55 bits per heavy atom.